The molecule has 1 N–H and O–H groups in total. The van der Waals surface area contributed by atoms with E-state index >= 15 is 0 Å². The Kier molecular flexibility index (Phi) is 8.41. The highest BCUT2D eigenvalue weighted by atomic mass is 79.9. The van der Waals surface area contributed by atoms with Crippen LogP contribution in [0.5, 0.6) is 0 Å². The van der Waals surface area contributed by atoms with Crippen molar-refractivity contribution in [1.29, 1.82) is 0 Å². The van der Waals surface area contributed by atoms with Crippen molar-refractivity contribution in [3.05, 3.63) is 88.4 Å². The summed E-state index contributed by atoms with van der Waals surface area (Å²) in [5.74, 6) is -0.841. The maximum atomic E-state index is 13.3. The van der Waals surface area contributed by atoms with Crippen LogP contribution in [0.2, 0.25) is 0 Å². The number of sulfonamides is 1. The minimum absolute atomic E-state index is 0.176. The summed E-state index contributed by atoms with van der Waals surface area (Å²) in [6.07, 6.45) is -3.33. The van der Waals surface area contributed by atoms with Crippen LogP contribution in [0.3, 0.4) is 0 Å². The van der Waals surface area contributed by atoms with Gasteiger partial charge in [-0.2, -0.15) is 18.3 Å². The lowest BCUT2D eigenvalue weighted by atomic mass is 10.2. The van der Waals surface area contributed by atoms with Gasteiger partial charge in [0.1, 0.15) is 6.54 Å². The van der Waals surface area contributed by atoms with Crippen LogP contribution in [0, 0.1) is 0 Å². The Balaban J connectivity index is 1.86. The van der Waals surface area contributed by atoms with Crippen LogP contribution in [-0.2, 0) is 21.0 Å². The Morgan fingerprint density at radius 3 is 2.33 bits per heavy atom. The molecule has 3 aromatic carbocycles. The molecule has 1 amide bonds. The molecule has 0 saturated heterocycles. The van der Waals surface area contributed by atoms with E-state index < -0.39 is 34.2 Å². The topological polar surface area (TPSA) is 82.1 Å². The van der Waals surface area contributed by atoms with E-state index in [-0.39, 0.29) is 10.6 Å². The van der Waals surface area contributed by atoms with Crippen molar-refractivity contribution in [2.45, 2.75) is 11.1 Å². The van der Waals surface area contributed by atoms with E-state index in [1.807, 2.05) is 25.1 Å². The molecule has 0 radical (unpaired) electrons. The van der Waals surface area contributed by atoms with E-state index in [1.165, 1.54) is 36.5 Å². The van der Waals surface area contributed by atoms with Gasteiger partial charge in [-0.25, -0.2) is 13.8 Å². The third-order valence-electron chi connectivity index (χ3n) is 4.94. The van der Waals surface area contributed by atoms with Crippen molar-refractivity contribution in [2.75, 3.05) is 29.8 Å². The Morgan fingerprint density at radius 1 is 1.03 bits per heavy atom. The number of carbonyl (C=O) groups excluding carboxylic acids is 1. The minimum Gasteiger partial charge on any atom is -0.377 e. The number of amides is 1. The summed E-state index contributed by atoms with van der Waals surface area (Å²) in [5.41, 5.74) is 2.46. The number of nitrogens with one attached hydrogen (secondary N) is 1. The molecule has 0 spiro atoms. The zero-order valence-electron chi connectivity index (χ0n) is 19.2. The maximum absolute atomic E-state index is 13.3. The van der Waals surface area contributed by atoms with Crippen LogP contribution in [0.25, 0.3) is 0 Å². The van der Waals surface area contributed by atoms with Gasteiger partial charge in [0.15, 0.2) is 0 Å². The summed E-state index contributed by atoms with van der Waals surface area (Å²) in [6, 6.07) is 16.3. The highest BCUT2D eigenvalue weighted by molar-refractivity contribution is 9.10. The fourth-order valence-electron chi connectivity index (χ4n) is 3.18. The smallest absolute Gasteiger partial charge is 0.377 e. The number of rotatable bonds is 8. The van der Waals surface area contributed by atoms with Crippen molar-refractivity contribution < 1.29 is 26.4 Å². The standard InChI is InChI=1S/C24H22BrF3N4O3S/c1-31(2)22-12-11-17(13-21(22)25)15-29-30-23(33)16-32(36(34,35)20-9-4-3-5-10-20)19-8-6-7-18(14-19)24(26,27)28/h3-15H,16H2,1-2H3,(H,30,33)/b29-15-. The van der Waals surface area contributed by atoms with Crippen LogP contribution in [0.1, 0.15) is 11.1 Å². The number of hydrogen-bond donors (Lipinski definition) is 1. The van der Waals surface area contributed by atoms with E-state index in [9.17, 15) is 26.4 Å². The van der Waals surface area contributed by atoms with Crippen molar-refractivity contribution >= 4 is 49.4 Å². The van der Waals surface area contributed by atoms with Gasteiger partial charge in [-0.1, -0.05) is 30.3 Å². The van der Waals surface area contributed by atoms with Crippen molar-refractivity contribution in [3.63, 3.8) is 0 Å². The van der Waals surface area contributed by atoms with Gasteiger partial charge < -0.3 is 4.90 Å². The Hall–Kier alpha value is -3.38. The first-order chi connectivity index (χ1) is 16.9. The monoisotopic (exact) mass is 582 g/mol. The number of halogens is 4. The average Bonchev–Trinajstić information content (AvgIpc) is 2.82. The summed E-state index contributed by atoms with van der Waals surface area (Å²) in [6.45, 7) is -0.793. The van der Waals surface area contributed by atoms with Gasteiger partial charge in [-0.3, -0.25) is 9.10 Å². The van der Waals surface area contributed by atoms with Gasteiger partial charge in [-0.15, -0.1) is 0 Å². The van der Waals surface area contributed by atoms with E-state index in [1.54, 1.807) is 18.2 Å². The number of hydrazone groups is 1. The molecule has 0 unspecified atom stereocenters. The SMILES string of the molecule is CN(C)c1ccc(/C=N\NC(=O)CN(c2cccc(C(F)(F)F)c2)S(=O)(=O)c2ccccc2)cc1Br. The molecule has 0 aliphatic rings. The van der Waals surface area contributed by atoms with Crippen LogP contribution in [0.4, 0.5) is 24.5 Å². The molecule has 12 heteroatoms. The lowest BCUT2D eigenvalue weighted by Crippen LogP contribution is -2.39. The number of benzene rings is 3. The van der Waals surface area contributed by atoms with Gasteiger partial charge in [0.2, 0.25) is 0 Å². The van der Waals surface area contributed by atoms with Crippen molar-refractivity contribution in [1.82, 2.24) is 5.43 Å². The lowest BCUT2D eigenvalue weighted by molar-refractivity contribution is -0.137. The van der Waals surface area contributed by atoms with Crippen LogP contribution < -0.4 is 14.6 Å². The fourth-order valence-corrected chi connectivity index (χ4v) is 5.37. The summed E-state index contributed by atoms with van der Waals surface area (Å²) >= 11 is 3.45. The van der Waals surface area contributed by atoms with Crippen molar-refractivity contribution in [2.24, 2.45) is 5.10 Å². The van der Waals surface area contributed by atoms with Crippen molar-refractivity contribution in [3.8, 4) is 0 Å². The zero-order valence-corrected chi connectivity index (χ0v) is 21.6. The predicted octanol–water partition coefficient (Wildman–Crippen LogP) is 4.88. The number of carbonyl (C=O) groups is 1. The zero-order chi connectivity index (χ0) is 26.5. The van der Waals surface area contributed by atoms with E-state index in [0.717, 1.165) is 22.3 Å². The third kappa shape index (κ3) is 6.64. The summed E-state index contributed by atoms with van der Waals surface area (Å²) < 4.78 is 67.7. The number of hydrogen-bond acceptors (Lipinski definition) is 5. The second-order valence-electron chi connectivity index (χ2n) is 7.77. The largest absolute Gasteiger partial charge is 0.416 e. The summed E-state index contributed by atoms with van der Waals surface area (Å²) in [5, 5.41) is 3.86. The van der Waals surface area contributed by atoms with Gasteiger partial charge in [0.25, 0.3) is 15.9 Å². The third-order valence-corrected chi connectivity index (χ3v) is 7.36. The molecule has 0 saturated carbocycles. The Bertz CT molecular complexity index is 1360. The summed E-state index contributed by atoms with van der Waals surface area (Å²) in [7, 11) is -0.599. The van der Waals surface area contributed by atoms with Gasteiger partial charge in [0.05, 0.1) is 28.0 Å². The van der Waals surface area contributed by atoms with Crippen LogP contribution >= 0.6 is 15.9 Å². The lowest BCUT2D eigenvalue weighted by Gasteiger charge is -2.24. The molecule has 3 rings (SSSR count). The molecule has 7 nitrogen and oxygen atoms in total. The second kappa shape index (κ2) is 11.1. The second-order valence-corrected chi connectivity index (χ2v) is 10.5. The van der Waals surface area contributed by atoms with E-state index in [2.05, 4.69) is 26.5 Å². The number of nitrogens with zero attached hydrogens (tertiary/aromatic N) is 3. The maximum Gasteiger partial charge on any atom is 0.416 e. The highest BCUT2D eigenvalue weighted by Crippen LogP contribution is 2.33. The first-order valence-corrected chi connectivity index (χ1v) is 12.7. The highest BCUT2D eigenvalue weighted by Gasteiger charge is 2.33. The molecule has 0 aromatic heterocycles. The normalized spacial score (nSPS) is 11.9. The van der Waals surface area contributed by atoms with E-state index in [4.69, 9.17) is 0 Å². The first kappa shape index (κ1) is 27.2. The molecular weight excluding hydrogens is 561 g/mol. The fraction of sp³-hybridized carbons (Fsp3) is 0.167. The van der Waals surface area contributed by atoms with Gasteiger partial charge in [0, 0.05) is 18.6 Å². The summed E-state index contributed by atoms with van der Waals surface area (Å²) in [4.78, 5) is 14.3. The van der Waals surface area contributed by atoms with Gasteiger partial charge in [-0.05, 0) is 64.0 Å². The predicted molar refractivity (Wildman–Crippen MR) is 137 cm³/mol. The molecule has 0 aliphatic heterocycles. The molecular formula is C24H22BrF3N4O3S. The molecule has 0 fully saturated rings. The van der Waals surface area contributed by atoms with E-state index in [0.29, 0.717) is 15.9 Å². The Labute approximate surface area is 215 Å². The first-order valence-electron chi connectivity index (χ1n) is 10.4. The minimum atomic E-state index is -4.69. The molecule has 3 aromatic rings. The quantitative estimate of drug-likeness (QED) is 0.303. The molecule has 190 valence electrons. The Morgan fingerprint density at radius 2 is 1.72 bits per heavy atom. The van der Waals surface area contributed by atoms with Gasteiger partial charge >= 0.3 is 6.18 Å². The van der Waals surface area contributed by atoms with Crippen LogP contribution in [-0.4, -0.2) is 41.2 Å². The van der Waals surface area contributed by atoms with Crippen LogP contribution in [0.15, 0.2) is 87.3 Å². The molecule has 0 heterocycles. The molecule has 0 atom stereocenters. The number of alkyl halides is 3. The number of anilines is 2. The molecule has 0 bridgehead atoms. The average molecular weight is 583 g/mol. The molecule has 0 aliphatic carbocycles. The molecule has 36 heavy (non-hydrogen) atoms.